The molecule has 1 N–H and O–H groups in total. The fraction of sp³-hybridized carbons (Fsp3) is 0.188. The summed E-state index contributed by atoms with van der Waals surface area (Å²) in [7, 11) is 0. The average molecular weight is 280 g/mol. The van der Waals surface area contributed by atoms with Gasteiger partial charge in [0.15, 0.2) is 0 Å². The zero-order valence-electron chi connectivity index (χ0n) is 11.4. The third-order valence-electron chi connectivity index (χ3n) is 4.13. The summed E-state index contributed by atoms with van der Waals surface area (Å²) >= 11 is 0. The molecule has 2 aliphatic rings. The second kappa shape index (κ2) is 3.91. The lowest BCUT2D eigenvalue weighted by atomic mass is 9.92. The van der Waals surface area contributed by atoms with Gasteiger partial charge in [0.25, 0.3) is 11.8 Å². The zero-order chi connectivity index (χ0) is 14.7. The maximum atomic E-state index is 12.5. The summed E-state index contributed by atoms with van der Waals surface area (Å²) in [5, 5.41) is 2.57. The van der Waals surface area contributed by atoms with E-state index in [0.29, 0.717) is 11.1 Å². The van der Waals surface area contributed by atoms with E-state index in [4.69, 9.17) is 0 Å². The number of imide groups is 1. The number of carbonyl (C=O) groups is 3. The highest BCUT2D eigenvalue weighted by Crippen LogP contribution is 2.37. The predicted octanol–water partition coefficient (Wildman–Crippen LogP) is 1.59. The molecule has 2 aromatic carbocycles. The first-order chi connectivity index (χ1) is 10.1. The number of rotatable bonds is 1. The first kappa shape index (κ1) is 12.1. The zero-order valence-corrected chi connectivity index (χ0v) is 11.4. The summed E-state index contributed by atoms with van der Waals surface area (Å²) < 4.78 is 0. The molecule has 2 aromatic rings. The van der Waals surface area contributed by atoms with Crippen LogP contribution in [0.1, 0.15) is 38.8 Å². The Labute approximate surface area is 120 Å². The number of benzene rings is 2. The minimum atomic E-state index is -0.474. The van der Waals surface area contributed by atoms with Crippen molar-refractivity contribution in [2.24, 2.45) is 0 Å². The molecule has 0 saturated heterocycles. The number of carbonyl (C=O) groups excluding carboxylic acids is 3. The molecule has 0 aromatic heterocycles. The maximum absolute atomic E-state index is 12.5. The summed E-state index contributed by atoms with van der Waals surface area (Å²) in [6.45, 7) is 1.27. The number of nitrogens with zero attached hydrogens (tertiary/aromatic N) is 1. The SMILES string of the molecule is CC(=O)NN1C(=O)c2ccc3c4c(ccc(c24)C1=O)CC3. The van der Waals surface area contributed by atoms with E-state index in [1.54, 1.807) is 12.1 Å². The summed E-state index contributed by atoms with van der Waals surface area (Å²) in [6.07, 6.45) is 1.88. The van der Waals surface area contributed by atoms with Crippen LogP contribution in [0.2, 0.25) is 0 Å². The lowest BCUT2D eigenvalue weighted by Crippen LogP contribution is -2.51. The molecule has 3 amide bonds. The first-order valence-electron chi connectivity index (χ1n) is 6.81. The van der Waals surface area contributed by atoms with Gasteiger partial charge in [0.2, 0.25) is 5.91 Å². The van der Waals surface area contributed by atoms with E-state index in [0.717, 1.165) is 28.6 Å². The van der Waals surface area contributed by atoms with Crippen LogP contribution < -0.4 is 5.43 Å². The predicted molar refractivity (Wildman–Crippen MR) is 75.7 cm³/mol. The van der Waals surface area contributed by atoms with Gasteiger partial charge < -0.3 is 0 Å². The van der Waals surface area contributed by atoms with E-state index in [1.807, 2.05) is 12.1 Å². The van der Waals surface area contributed by atoms with E-state index >= 15 is 0 Å². The average Bonchev–Trinajstić information content (AvgIpc) is 2.88. The van der Waals surface area contributed by atoms with Crippen LogP contribution in [0.25, 0.3) is 10.8 Å². The number of aryl methyl sites for hydroxylation is 2. The van der Waals surface area contributed by atoms with Gasteiger partial charge in [-0.3, -0.25) is 19.8 Å². The summed E-state index contributed by atoms with van der Waals surface area (Å²) in [4.78, 5) is 36.2. The second-order valence-corrected chi connectivity index (χ2v) is 5.41. The first-order valence-corrected chi connectivity index (χ1v) is 6.81. The standard InChI is InChI=1S/C16H12N2O3/c1-8(19)17-18-15(20)11-6-4-9-2-3-10-5-7-12(16(18)21)14(11)13(9)10/h4-7H,2-3H2,1H3,(H,17,19). The van der Waals surface area contributed by atoms with Crippen molar-refractivity contribution in [1.29, 1.82) is 0 Å². The lowest BCUT2D eigenvalue weighted by molar-refractivity contribution is -0.122. The van der Waals surface area contributed by atoms with Gasteiger partial charge >= 0.3 is 0 Å². The van der Waals surface area contributed by atoms with Crippen molar-refractivity contribution in [1.82, 2.24) is 10.4 Å². The van der Waals surface area contributed by atoms with Crippen molar-refractivity contribution in [2.75, 3.05) is 0 Å². The Balaban J connectivity index is 2.03. The minimum Gasteiger partial charge on any atom is -0.274 e. The highest BCUT2D eigenvalue weighted by Gasteiger charge is 2.35. The van der Waals surface area contributed by atoms with Crippen molar-refractivity contribution in [2.45, 2.75) is 19.8 Å². The topological polar surface area (TPSA) is 66.5 Å². The molecule has 5 nitrogen and oxygen atoms in total. The fourth-order valence-electron chi connectivity index (χ4n) is 3.28. The molecule has 0 spiro atoms. The van der Waals surface area contributed by atoms with Crippen molar-refractivity contribution in [3.63, 3.8) is 0 Å². The summed E-state index contributed by atoms with van der Waals surface area (Å²) in [5.41, 5.74) is 5.61. The molecule has 1 heterocycles. The molecule has 1 aliphatic heterocycles. The van der Waals surface area contributed by atoms with Crippen LogP contribution >= 0.6 is 0 Å². The molecular weight excluding hydrogens is 268 g/mol. The van der Waals surface area contributed by atoms with Crippen LogP contribution in [0.3, 0.4) is 0 Å². The van der Waals surface area contributed by atoms with E-state index in [9.17, 15) is 14.4 Å². The fourth-order valence-corrected chi connectivity index (χ4v) is 3.28. The van der Waals surface area contributed by atoms with E-state index in [1.165, 1.54) is 18.1 Å². The van der Waals surface area contributed by atoms with E-state index in [-0.39, 0.29) is 0 Å². The molecule has 0 bridgehead atoms. The van der Waals surface area contributed by atoms with E-state index in [2.05, 4.69) is 5.43 Å². The third-order valence-corrected chi connectivity index (χ3v) is 4.13. The Morgan fingerprint density at radius 1 is 0.952 bits per heavy atom. The van der Waals surface area contributed by atoms with Crippen LogP contribution in [-0.4, -0.2) is 22.7 Å². The monoisotopic (exact) mass is 280 g/mol. The number of hydrogen-bond donors (Lipinski definition) is 1. The molecule has 21 heavy (non-hydrogen) atoms. The van der Waals surface area contributed by atoms with Crippen molar-refractivity contribution in [3.8, 4) is 0 Å². The third kappa shape index (κ3) is 1.48. The van der Waals surface area contributed by atoms with Crippen LogP contribution in [0.4, 0.5) is 0 Å². The van der Waals surface area contributed by atoms with Crippen LogP contribution in [0, 0.1) is 0 Å². The highest BCUT2D eigenvalue weighted by molar-refractivity contribution is 6.26. The molecule has 0 fully saturated rings. The normalized spacial score (nSPS) is 15.8. The smallest absolute Gasteiger partial charge is 0.274 e. The number of hydrogen-bond acceptors (Lipinski definition) is 3. The number of amides is 3. The van der Waals surface area contributed by atoms with Gasteiger partial charge in [-0.05, 0) is 41.5 Å². The Bertz CT molecular complexity index is 795. The molecule has 4 rings (SSSR count). The molecule has 0 saturated carbocycles. The van der Waals surface area contributed by atoms with Gasteiger partial charge in [0.05, 0.1) is 11.1 Å². The molecule has 104 valence electrons. The Morgan fingerprint density at radius 3 is 1.95 bits per heavy atom. The van der Waals surface area contributed by atoms with Crippen LogP contribution in [-0.2, 0) is 17.6 Å². The highest BCUT2D eigenvalue weighted by atomic mass is 16.2. The summed E-state index contributed by atoms with van der Waals surface area (Å²) in [6, 6.07) is 7.38. The molecule has 0 atom stereocenters. The second-order valence-electron chi connectivity index (χ2n) is 5.41. The van der Waals surface area contributed by atoms with Gasteiger partial charge in [0, 0.05) is 12.3 Å². The molecule has 5 heteroatoms. The largest absolute Gasteiger partial charge is 0.280 e. The van der Waals surface area contributed by atoms with Crippen LogP contribution in [0.5, 0.6) is 0 Å². The Kier molecular flexibility index (Phi) is 2.25. The quantitative estimate of drug-likeness (QED) is 0.807. The van der Waals surface area contributed by atoms with Gasteiger partial charge in [0.1, 0.15) is 0 Å². The molecule has 0 radical (unpaired) electrons. The van der Waals surface area contributed by atoms with Gasteiger partial charge in [-0.15, -0.1) is 0 Å². The van der Waals surface area contributed by atoms with Crippen molar-refractivity contribution < 1.29 is 14.4 Å². The van der Waals surface area contributed by atoms with Crippen molar-refractivity contribution in [3.05, 3.63) is 46.5 Å². The number of nitrogens with one attached hydrogen (secondary N) is 1. The number of hydrazine groups is 1. The Hall–Kier alpha value is -2.69. The summed E-state index contributed by atoms with van der Waals surface area (Å²) in [5.74, 6) is -1.40. The van der Waals surface area contributed by atoms with E-state index < -0.39 is 17.7 Å². The molecule has 0 unspecified atom stereocenters. The maximum Gasteiger partial charge on any atom is 0.280 e. The van der Waals surface area contributed by atoms with Crippen LogP contribution in [0.15, 0.2) is 24.3 Å². The lowest BCUT2D eigenvalue weighted by Gasteiger charge is -2.27. The Morgan fingerprint density at radius 2 is 1.48 bits per heavy atom. The molecular formula is C16H12N2O3. The van der Waals surface area contributed by atoms with Gasteiger partial charge in [-0.2, -0.15) is 5.01 Å². The minimum absolute atomic E-state index is 0.450. The van der Waals surface area contributed by atoms with Gasteiger partial charge in [-0.25, -0.2) is 0 Å². The molecule has 1 aliphatic carbocycles. The van der Waals surface area contributed by atoms with Gasteiger partial charge in [-0.1, -0.05) is 12.1 Å². The van der Waals surface area contributed by atoms with Crippen molar-refractivity contribution >= 4 is 28.5 Å².